The van der Waals surface area contributed by atoms with Crippen molar-refractivity contribution in [2.45, 2.75) is 25.7 Å². The zero-order valence-electron chi connectivity index (χ0n) is 10.6. The molecule has 0 atom stereocenters. The molecule has 3 nitrogen and oxygen atoms in total. The Morgan fingerprint density at radius 3 is 2.88 bits per heavy atom. The summed E-state index contributed by atoms with van der Waals surface area (Å²) in [6.07, 6.45) is 3.93. The fourth-order valence-electron chi connectivity index (χ4n) is 1.66. The van der Waals surface area contributed by atoms with Gasteiger partial charge in [0.05, 0.1) is 6.61 Å². The minimum Gasteiger partial charge on any atom is -0.494 e. The molecule has 0 heterocycles. The lowest BCUT2D eigenvalue weighted by molar-refractivity contribution is 0.253. The maximum Gasteiger partial charge on any atom is 0.119 e. The zero-order valence-corrected chi connectivity index (χ0v) is 10.6. The van der Waals surface area contributed by atoms with E-state index in [4.69, 9.17) is 9.84 Å². The third-order valence-electron chi connectivity index (χ3n) is 2.61. The predicted molar refractivity (Wildman–Crippen MR) is 70.5 cm³/mol. The fraction of sp³-hybridized carbons (Fsp3) is 0.571. The van der Waals surface area contributed by atoms with Crippen LogP contribution in [-0.2, 0) is 6.42 Å². The topological polar surface area (TPSA) is 41.5 Å². The Morgan fingerprint density at radius 1 is 1.24 bits per heavy atom. The first kappa shape index (κ1) is 14.0. The molecule has 0 unspecified atom stereocenters. The highest BCUT2D eigenvalue weighted by Gasteiger charge is 1.97. The number of hydrogen-bond acceptors (Lipinski definition) is 3. The molecule has 2 N–H and O–H groups in total. The summed E-state index contributed by atoms with van der Waals surface area (Å²) in [4.78, 5) is 0. The number of ether oxygens (including phenoxy) is 1. The Bertz CT molecular complexity index is 302. The first-order valence-electron chi connectivity index (χ1n) is 6.34. The summed E-state index contributed by atoms with van der Waals surface area (Å²) < 4.78 is 5.63. The van der Waals surface area contributed by atoms with Gasteiger partial charge in [-0.3, -0.25) is 0 Å². The van der Waals surface area contributed by atoms with E-state index in [1.165, 1.54) is 5.56 Å². The van der Waals surface area contributed by atoms with E-state index < -0.39 is 0 Å². The second kappa shape index (κ2) is 9.02. The lowest BCUT2D eigenvalue weighted by atomic mass is 10.1. The van der Waals surface area contributed by atoms with Crippen LogP contribution >= 0.6 is 0 Å². The molecule has 0 aliphatic heterocycles. The minimum absolute atomic E-state index is 0.243. The van der Waals surface area contributed by atoms with Gasteiger partial charge in [0.15, 0.2) is 0 Å². The Labute approximate surface area is 104 Å². The van der Waals surface area contributed by atoms with Gasteiger partial charge in [-0.05, 0) is 57.0 Å². The molecule has 0 aromatic heterocycles. The van der Waals surface area contributed by atoms with Crippen molar-refractivity contribution in [1.29, 1.82) is 0 Å². The Kier molecular flexibility index (Phi) is 7.43. The molecule has 1 aromatic rings. The monoisotopic (exact) mass is 237 g/mol. The van der Waals surface area contributed by atoms with Crippen LogP contribution in [0.2, 0.25) is 0 Å². The van der Waals surface area contributed by atoms with Gasteiger partial charge in [0, 0.05) is 6.61 Å². The molecule has 0 aliphatic carbocycles. The molecule has 0 amide bonds. The van der Waals surface area contributed by atoms with Crippen molar-refractivity contribution in [3.8, 4) is 5.75 Å². The lowest BCUT2D eigenvalue weighted by Crippen LogP contribution is -2.08. The van der Waals surface area contributed by atoms with Crippen molar-refractivity contribution in [2.24, 2.45) is 0 Å². The van der Waals surface area contributed by atoms with Crippen LogP contribution in [0.4, 0.5) is 0 Å². The normalized spacial score (nSPS) is 10.5. The van der Waals surface area contributed by atoms with Crippen LogP contribution in [0, 0.1) is 0 Å². The standard InChI is InChI=1S/C14H23NO2/c1-15-9-5-7-13-6-4-8-14(12-13)17-11-3-2-10-16/h4,6,8,12,15-16H,2-3,5,7,9-11H2,1H3. The van der Waals surface area contributed by atoms with Crippen LogP contribution in [-0.4, -0.2) is 31.9 Å². The molecule has 1 aromatic carbocycles. The number of benzene rings is 1. The molecule has 1 rings (SSSR count). The van der Waals surface area contributed by atoms with E-state index in [1.54, 1.807) is 0 Å². The Hall–Kier alpha value is -1.06. The molecule has 0 aliphatic rings. The number of aliphatic hydroxyl groups excluding tert-OH is 1. The summed E-state index contributed by atoms with van der Waals surface area (Å²) in [5, 5.41) is 11.8. The number of rotatable bonds is 9. The summed E-state index contributed by atoms with van der Waals surface area (Å²) in [5.41, 5.74) is 1.32. The van der Waals surface area contributed by atoms with Gasteiger partial charge in [0.25, 0.3) is 0 Å². The molecule has 0 saturated heterocycles. The van der Waals surface area contributed by atoms with Crippen LogP contribution in [0.5, 0.6) is 5.75 Å². The van der Waals surface area contributed by atoms with Crippen molar-refractivity contribution < 1.29 is 9.84 Å². The second-order valence-corrected chi connectivity index (χ2v) is 4.13. The largest absolute Gasteiger partial charge is 0.494 e. The molecular formula is C14H23NO2. The van der Waals surface area contributed by atoms with Crippen molar-refractivity contribution in [2.75, 3.05) is 26.8 Å². The van der Waals surface area contributed by atoms with Crippen LogP contribution in [0.1, 0.15) is 24.8 Å². The van der Waals surface area contributed by atoms with Gasteiger partial charge in [-0.2, -0.15) is 0 Å². The predicted octanol–water partition coefficient (Wildman–Crippen LogP) is 1.99. The van der Waals surface area contributed by atoms with Gasteiger partial charge < -0.3 is 15.2 Å². The number of aliphatic hydroxyl groups is 1. The van der Waals surface area contributed by atoms with Crippen molar-refractivity contribution in [3.63, 3.8) is 0 Å². The number of nitrogens with one attached hydrogen (secondary N) is 1. The first-order chi connectivity index (χ1) is 8.36. The van der Waals surface area contributed by atoms with Crippen molar-refractivity contribution in [1.82, 2.24) is 5.32 Å². The van der Waals surface area contributed by atoms with Crippen LogP contribution < -0.4 is 10.1 Å². The molecule has 0 fully saturated rings. The number of unbranched alkanes of at least 4 members (excludes halogenated alkanes) is 1. The fourth-order valence-corrected chi connectivity index (χ4v) is 1.66. The highest BCUT2D eigenvalue weighted by molar-refractivity contribution is 5.28. The third kappa shape index (κ3) is 6.29. The summed E-state index contributed by atoms with van der Waals surface area (Å²) >= 11 is 0. The van der Waals surface area contributed by atoms with E-state index in [0.29, 0.717) is 6.61 Å². The molecule has 0 radical (unpaired) electrons. The highest BCUT2D eigenvalue weighted by atomic mass is 16.5. The van der Waals surface area contributed by atoms with Crippen LogP contribution in [0.3, 0.4) is 0 Å². The van der Waals surface area contributed by atoms with E-state index in [0.717, 1.165) is 38.0 Å². The maximum atomic E-state index is 8.67. The molecule has 0 saturated carbocycles. The third-order valence-corrected chi connectivity index (χ3v) is 2.61. The summed E-state index contributed by atoms with van der Waals surface area (Å²) in [5.74, 6) is 0.935. The van der Waals surface area contributed by atoms with Gasteiger partial charge in [-0.1, -0.05) is 12.1 Å². The molecule has 0 bridgehead atoms. The number of hydrogen-bond donors (Lipinski definition) is 2. The SMILES string of the molecule is CNCCCc1cccc(OCCCCO)c1. The van der Waals surface area contributed by atoms with Crippen molar-refractivity contribution >= 4 is 0 Å². The van der Waals surface area contributed by atoms with E-state index in [-0.39, 0.29) is 6.61 Å². The van der Waals surface area contributed by atoms with Gasteiger partial charge in [0.1, 0.15) is 5.75 Å². The smallest absolute Gasteiger partial charge is 0.119 e. The van der Waals surface area contributed by atoms with Gasteiger partial charge in [-0.15, -0.1) is 0 Å². The average Bonchev–Trinajstić information content (AvgIpc) is 2.36. The van der Waals surface area contributed by atoms with Crippen LogP contribution in [0.15, 0.2) is 24.3 Å². The Morgan fingerprint density at radius 2 is 2.12 bits per heavy atom. The molecular weight excluding hydrogens is 214 g/mol. The minimum atomic E-state index is 0.243. The summed E-state index contributed by atoms with van der Waals surface area (Å²) in [7, 11) is 1.97. The Balaban J connectivity index is 2.31. The molecule has 17 heavy (non-hydrogen) atoms. The quantitative estimate of drug-likeness (QED) is 0.645. The van der Waals surface area contributed by atoms with Gasteiger partial charge in [-0.25, -0.2) is 0 Å². The average molecular weight is 237 g/mol. The van der Waals surface area contributed by atoms with E-state index in [2.05, 4.69) is 17.4 Å². The molecule has 3 heteroatoms. The summed E-state index contributed by atoms with van der Waals surface area (Å²) in [6, 6.07) is 8.27. The van der Waals surface area contributed by atoms with Crippen LogP contribution in [0.25, 0.3) is 0 Å². The molecule has 0 spiro atoms. The van der Waals surface area contributed by atoms with E-state index >= 15 is 0 Å². The van der Waals surface area contributed by atoms with E-state index in [9.17, 15) is 0 Å². The number of aryl methyl sites for hydroxylation is 1. The highest BCUT2D eigenvalue weighted by Crippen LogP contribution is 2.14. The molecule has 96 valence electrons. The maximum absolute atomic E-state index is 8.67. The first-order valence-corrected chi connectivity index (χ1v) is 6.34. The van der Waals surface area contributed by atoms with E-state index in [1.807, 2.05) is 19.2 Å². The van der Waals surface area contributed by atoms with Gasteiger partial charge >= 0.3 is 0 Å². The van der Waals surface area contributed by atoms with Crippen molar-refractivity contribution in [3.05, 3.63) is 29.8 Å². The van der Waals surface area contributed by atoms with Gasteiger partial charge in [0.2, 0.25) is 0 Å². The lowest BCUT2D eigenvalue weighted by Gasteiger charge is -2.07. The zero-order chi connectivity index (χ0) is 12.3. The summed E-state index contributed by atoms with van der Waals surface area (Å²) in [6.45, 7) is 1.97. The second-order valence-electron chi connectivity index (χ2n) is 4.13.